The van der Waals surface area contributed by atoms with Gasteiger partial charge in [0.25, 0.3) is 5.91 Å². The van der Waals surface area contributed by atoms with Crippen molar-refractivity contribution in [3.05, 3.63) is 44.8 Å². The van der Waals surface area contributed by atoms with Crippen LogP contribution in [0.3, 0.4) is 0 Å². The summed E-state index contributed by atoms with van der Waals surface area (Å²) in [5.41, 5.74) is 5.87. The summed E-state index contributed by atoms with van der Waals surface area (Å²) in [5.74, 6) is 0.534. The molecule has 0 saturated carbocycles. The van der Waals surface area contributed by atoms with E-state index in [1.807, 2.05) is 31.2 Å². The Morgan fingerprint density at radius 3 is 2.95 bits per heavy atom. The molecule has 0 aliphatic heterocycles. The summed E-state index contributed by atoms with van der Waals surface area (Å²) in [6, 6.07) is 7.59. The molecule has 5 nitrogen and oxygen atoms in total. The zero-order valence-corrected chi connectivity index (χ0v) is 13.9. The summed E-state index contributed by atoms with van der Waals surface area (Å²) in [6.07, 6.45) is -0.153. The fourth-order valence-corrected chi connectivity index (χ4v) is 2.67. The normalized spacial score (nSPS) is 12.0. The second-order valence-electron chi connectivity index (χ2n) is 4.40. The highest BCUT2D eigenvalue weighted by Gasteiger charge is 2.12. The fraction of sp³-hybridized carbons (Fsp3) is 0.286. The van der Waals surface area contributed by atoms with Gasteiger partial charge >= 0.3 is 0 Å². The highest BCUT2D eigenvalue weighted by Crippen LogP contribution is 2.24. The van der Waals surface area contributed by atoms with Crippen LogP contribution in [0.2, 0.25) is 0 Å². The second kappa shape index (κ2) is 7.53. The van der Waals surface area contributed by atoms with Crippen molar-refractivity contribution in [1.82, 2.24) is 10.3 Å². The molecule has 1 aromatic carbocycles. The topological polar surface area (TPSA) is 77.2 Å². The number of thiazole rings is 1. The van der Waals surface area contributed by atoms with Crippen LogP contribution in [-0.2, 0) is 6.54 Å². The first-order valence-corrected chi connectivity index (χ1v) is 8.11. The van der Waals surface area contributed by atoms with Crippen molar-refractivity contribution in [2.45, 2.75) is 19.6 Å². The van der Waals surface area contributed by atoms with E-state index < -0.39 is 0 Å². The zero-order chi connectivity index (χ0) is 15.2. The minimum atomic E-state index is -0.214. The Bertz CT molecular complexity index is 618. The van der Waals surface area contributed by atoms with Gasteiger partial charge in [-0.1, -0.05) is 12.1 Å². The van der Waals surface area contributed by atoms with Crippen LogP contribution in [0.25, 0.3) is 0 Å². The molecule has 3 N–H and O–H groups in total. The quantitative estimate of drug-likeness (QED) is 0.819. The molecule has 7 heteroatoms. The molecule has 112 valence electrons. The lowest BCUT2D eigenvalue weighted by atomic mass is 10.3. The molecule has 1 amide bonds. The Hall–Kier alpha value is -1.44. The highest BCUT2D eigenvalue weighted by molar-refractivity contribution is 9.10. The first-order chi connectivity index (χ1) is 10.1. The number of hydrogen-bond acceptors (Lipinski definition) is 5. The number of ether oxygens (including phenoxy) is 1. The molecule has 0 saturated heterocycles. The molecule has 21 heavy (non-hydrogen) atoms. The van der Waals surface area contributed by atoms with E-state index in [1.165, 1.54) is 11.3 Å². The number of carbonyl (C=O) groups excluding carboxylic acids is 1. The minimum Gasteiger partial charge on any atom is -0.488 e. The monoisotopic (exact) mass is 369 g/mol. The van der Waals surface area contributed by atoms with E-state index in [0.29, 0.717) is 18.8 Å². The summed E-state index contributed by atoms with van der Waals surface area (Å²) in [6.45, 7) is 2.64. The van der Waals surface area contributed by atoms with Gasteiger partial charge in [-0.05, 0) is 35.0 Å². The number of carbonyl (C=O) groups is 1. The van der Waals surface area contributed by atoms with E-state index in [1.54, 1.807) is 5.38 Å². The van der Waals surface area contributed by atoms with Gasteiger partial charge < -0.3 is 15.8 Å². The number of para-hydroxylation sites is 1. The molecule has 2 rings (SSSR count). The molecule has 2 aromatic rings. The first-order valence-electron chi connectivity index (χ1n) is 6.44. The van der Waals surface area contributed by atoms with E-state index >= 15 is 0 Å². The van der Waals surface area contributed by atoms with Crippen LogP contribution < -0.4 is 15.8 Å². The van der Waals surface area contributed by atoms with Crippen molar-refractivity contribution in [3.8, 4) is 5.75 Å². The maximum absolute atomic E-state index is 11.9. The molecule has 0 aliphatic rings. The molecule has 0 aliphatic carbocycles. The standard InChI is InChI=1S/C14H16BrN3O2S/c1-9(20-12-5-3-2-4-10(12)15)7-17-14(19)11-8-21-13(6-16)18-11/h2-5,8-9H,6-7,16H2,1H3,(H,17,19). The van der Waals surface area contributed by atoms with E-state index in [4.69, 9.17) is 10.5 Å². The maximum atomic E-state index is 11.9. The van der Waals surface area contributed by atoms with Crippen LogP contribution in [0.15, 0.2) is 34.1 Å². The molecular formula is C14H16BrN3O2S. The predicted molar refractivity (Wildman–Crippen MR) is 86.6 cm³/mol. The zero-order valence-electron chi connectivity index (χ0n) is 11.5. The van der Waals surface area contributed by atoms with Crippen molar-refractivity contribution >= 4 is 33.2 Å². The average molecular weight is 370 g/mol. The highest BCUT2D eigenvalue weighted by atomic mass is 79.9. The van der Waals surface area contributed by atoms with Gasteiger partial charge in [-0.2, -0.15) is 0 Å². The smallest absolute Gasteiger partial charge is 0.270 e. The van der Waals surface area contributed by atoms with Crippen LogP contribution in [-0.4, -0.2) is 23.5 Å². The molecule has 1 atom stereocenters. The van der Waals surface area contributed by atoms with Crippen molar-refractivity contribution in [3.63, 3.8) is 0 Å². The molecule has 0 bridgehead atoms. The molecular weight excluding hydrogens is 354 g/mol. The van der Waals surface area contributed by atoms with Crippen LogP contribution in [0.1, 0.15) is 22.4 Å². The van der Waals surface area contributed by atoms with Crippen LogP contribution in [0.4, 0.5) is 0 Å². The summed E-state index contributed by atoms with van der Waals surface area (Å²) < 4.78 is 6.64. The Morgan fingerprint density at radius 1 is 1.52 bits per heavy atom. The molecule has 0 fully saturated rings. The SMILES string of the molecule is CC(CNC(=O)c1csc(CN)n1)Oc1ccccc1Br. The van der Waals surface area contributed by atoms with Crippen molar-refractivity contribution in [2.24, 2.45) is 5.73 Å². The lowest BCUT2D eigenvalue weighted by Gasteiger charge is -2.16. The van der Waals surface area contributed by atoms with Crippen LogP contribution >= 0.6 is 27.3 Å². The average Bonchev–Trinajstić information content (AvgIpc) is 2.96. The lowest BCUT2D eigenvalue weighted by Crippen LogP contribution is -2.33. The molecule has 0 radical (unpaired) electrons. The molecule has 0 spiro atoms. The summed E-state index contributed by atoms with van der Waals surface area (Å²) >= 11 is 4.80. The molecule has 1 aromatic heterocycles. The number of nitrogens with two attached hydrogens (primary N) is 1. The van der Waals surface area contributed by atoms with Gasteiger partial charge in [0.05, 0.1) is 11.0 Å². The number of halogens is 1. The predicted octanol–water partition coefficient (Wildman–Crippen LogP) is 2.56. The van der Waals surface area contributed by atoms with Gasteiger partial charge in [0, 0.05) is 11.9 Å². The Labute approximate surface area is 135 Å². The van der Waals surface area contributed by atoms with Gasteiger partial charge in [-0.15, -0.1) is 11.3 Å². The Morgan fingerprint density at radius 2 is 2.29 bits per heavy atom. The van der Waals surface area contributed by atoms with Gasteiger partial charge in [0.15, 0.2) is 0 Å². The second-order valence-corrected chi connectivity index (χ2v) is 6.20. The van der Waals surface area contributed by atoms with Crippen molar-refractivity contribution in [1.29, 1.82) is 0 Å². The van der Waals surface area contributed by atoms with Gasteiger partial charge in [-0.3, -0.25) is 4.79 Å². The van der Waals surface area contributed by atoms with Crippen molar-refractivity contribution in [2.75, 3.05) is 6.54 Å². The summed E-state index contributed by atoms with van der Waals surface area (Å²) in [4.78, 5) is 16.1. The number of rotatable bonds is 6. The van der Waals surface area contributed by atoms with Gasteiger partial charge in [0.2, 0.25) is 0 Å². The number of hydrogen-bond donors (Lipinski definition) is 2. The third-order valence-corrected chi connectivity index (χ3v) is 4.20. The fourth-order valence-electron chi connectivity index (χ4n) is 1.63. The lowest BCUT2D eigenvalue weighted by molar-refractivity contribution is 0.0927. The van der Waals surface area contributed by atoms with Crippen molar-refractivity contribution < 1.29 is 9.53 Å². The van der Waals surface area contributed by atoms with Crippen LogP contribution in [0.5, 0.6) is 5.75 Å². The minimum absolute atomic E-state index is 0.153. The Balaban J connectivity index is 1.85. The number of amides is 1. The molecule has 1 unspecified atom stereocenters. The van der Waals surface area contributed by atoms with E-state index in [9.17, 15) is 4.79 Å². The first kappa shape index (κ1) is 15.9. The van der Waals surface area contributed by atoms with E-state index in [-0.39, 0.29) is 12.0 Å². The van der Waals surface area contributed by atoms with E-state index in [0.717, 1.165) is 15.2 Å². The summed E-state index contributed by atoms with van der Waals surface area (Å²) in [7, 11) is 0. The number of nitrogens with one attached hydrogen (secondary N) is 1. The number of benzene rings is 1. The van der Waals surface area contributed by atoms with E-state index in [2.05, 4.69) is 26.2 Å². The number of nitrogens with zero attached hydrogens (tertiary/aromatic N) is 1. The van der Waals surface area contributed by atoms with Gasteiger partial charge in [-0.25, -0.2) is 4.98 Å². The molecule has 1 heterocycles. The Kier molecular flexibility index (Phi) is 5.72. The third kappa shape index (κ3) is 4.52. The third-order valence-electron chi connectivity index (χ3n) is 2.67. The maximum Gasteiger partial charge on any atom is 0.270 e. The largest absolute Gasteiger partial charge is 0.488 e. The van der Waals surface area contributed by atoms with Gasteiger partial charge in [0.1, 0.15) is 22.6 Å². The summed E-state index contributed by atoms with van der Waals surface area (Å²) in [5, 5.41) is 5.25. The number of aromatic nitrogens is 1. The van der Waals surface area contributed by atoms with Crippen LogP contribution in [0, 0.1) is 0 Å².